The molecule has 0 aliphatic carbocycles. The molecule has 2 aromatic carbocycles. The Balaban J connectivity index is 1.81. The van der Waals surface area contributed by atoms with Crippen LogP contribution in [0.15, 0.2) is 53.9 Å². The zero-order valence-electron chi connectivity index (χ0n) is 23.3. The van der Waals surface area contributed by atoms with E-state index >= 15 is 0 Å². The topological polar surface area (TPSA) is 57.7 Å². The molecular formula is C30H42N4O2S. The molecule has 6 nitrogen and oxygen atoms in total. The van der Waals surface area contributed by atoms with Gasteiger partial charge in [0.25, 0.3) is 5.91 Å². The number of methoxy groups -OCH3 is 1. The van der Waals surface area contributed by atoms with Crippen LogP contribution < -0.4 is 15.0 Å². The number of anilines is 1. The van der Waals surface area contributed by atoms with Gasteiger partial charge in [-0.2, -0.15) is 0 Å². The van der Waals surface area contributed by atoms with Gasteiger partial charge in [-0.3, -0.25) is 9.69 Å². The van der Waals surface area contributed by atoms with Crippen LogP contribution in [0.1, 0.15) is 57.5 Å². The number of nitrogens with zero attached hydrogens (tertiary/aromatic N) is 3. The molecule has 0 aliphatic heterocycles. The van der Waals surface area contributed by atoms with Crippen molar-refractivity contribution in [3.63, 3.8) is 0 Å². The van der Waals surface area contributed by atoms with Crippen molar-refractivity contribution in [2.24, 2.45) is 5.92 Å². The van der Waals surface area contributed by atoms with Gasteiger partial charge < -0.3 is 15.0 Å². The number of aromatic nitrogens is 1. The number of ether oxygens (including phenoxy) is 1. The lowest BCUT2D eigenvalue weighted by atomic mass is 10.1. The standard InChI is InChI=1S/C30H42N4O2S/c1-21(2)18-31-29(35)25-13-11-24(12-14-25)19-33(15-16-34(22(3)4)23(5)6)30-32-28(20-37-30)26-9-8-10-27(17-26)36-7/h8-14,17,20-23H,15-16,18-19H2,1-7H3,(H,31,35). The van der Waals surface area contributed by atoms with Crippen LogP contribution in [0.3, 0.4) is 0 Å². The van der Waals surface area contributed by atoms with Crippen molar-refractivity contribution in [3.8, 4) is 17.0 Å². The minimum atomic E-state index is -0.0236. The highest BCUT2D eigenvalue weighted by Crippen LogP contribution is 2.30. The van der Waals surface area contributed by atoms with Crippen molar-refractivity contribution in [1.82, 2.24) is 15.2 Å². The van der Waals surface area contributed by atoms with Gasteiger partial charge in [-0.1, -0.05) is 38.1 Å². The van der Waals surface area contributed by atoms with Gasteiger partial charge in [-0.15, -0.1) is 11.3 Å². The molecule has 0 bridgehead atoms. The van der Waals surface area contributed by atoms with E-state index in [0.29, 0.717) is 30.1 Å². The van der Waals surface area contributed by atoms with Gasteiger partial charge in [-0.25, -0.2) is 4.98 Å². The van der Waals surface area contributed by atoms with Crippen molar-refractivity contribution >= 4 is 22.4 Å². The molecule has 0 spiro atoms. The SMILES string of the molecule is COc1cccc(-c2csc(N(CCN(C(C)C)C(C)C)Cc3ccc(C(=O)NCC(C)C)cc3)n2)c1. The van der Waals surface area contributed by atoms with Crippen molar-refractivity contribution in [3.05, 3.63) is 65.0 Å². The van der Waals surface area contributed by atoms with E-state index in [0.717, 1.165) is 47.3 Å². The fourth-order valence-electron chi connectivity index (χ4n) is 4.30. The third kappa shape index (κ3) is 8.30. The summed E-state index contributed by atoms with van der Waals surface area (Å²) in [7, 11) is 1.68. The number of carbonyl (C=O) groups is 1. The first-order valence-electron chi connectivity index (χ1n) is 13.2. The van der Waals surface area contributed by atoms with Gasteiger partial charge in [0.1, 0.15) is 5.75 Å². The summed E-state index contributed by atoms with van der Waals surface area (Å²) in [6, 6.07) is 16.9. The quantitative estimate of drug-likeness (QED) is 0.284. The predicted molar refractivity (Wildman–Crippen MR) is 156 cm³/mol. The molecular weight excluding hydrogens is 480 g/mol. The number of benzene rings is 2. The highest BCUT2D eigenvalue weighted by Gasteiger charge is 2.18. The van der Waals surface area contributed by atoms with Gasteiger partial charge in [0.05, 0.1) is 12.8 Å². The van der Waals surface area contributed by atoms with E-state index in [1.807, 2.05) is 30.3 Å². The Hall–Kier alpha value is -2.90. The first kappa shape index (κ1) is 28.7. The minimum Gasteiger partial charge on any atom is -0.497 e. The third-order valence-electron chi connectivity index (χ3n) is 6.34. The fourth-order valence-corrected chi connectivity index (χ4v) is 5.16. The number of nitrogens with one attached hydrogen (secondary N) is 1. The van der Waals surface area contributed by atoms with Gasteiger partial charge in [0, 0.05) is 54.8 Å². The lowest BCUT2D eigenvalue weighted by molar-refractivity contribution is 0.0949. The Morgan fingerprint density at radius 3 is 2.32 bits per heavy atom. The Morgan fingerprint density at radius 1 is 1.00 bits per heavy atom. The summed E-state index contributed by atoms with van der Waals surface area (Å²) < 4.78 is 5.40. The molecule has 1 aromatic heterocycles. The summed E-state index contributed by atoms with van der Waals surface area (Å²) in [6.45, 7) is 16.4. The van der Waals surface area contributed by atoms with Gasteiger partial charge in [-0.05, 0) is 63.4 Å². The summed E-state index contributed by atoms with van der Waals surface area (Å²) in [5.74, 6) is 1.23. The molecule has 3 rings (SSSR count). The molecule has 1 N–H and O–H groups in total. The number of carbonyl (C=O) groups excluding carboxylic acids is 1. The molecule has 1 amide bonds. The maximum atomic E-state index is 12.4. The van der Waals surface area contributed by atoms with Crippen LogP contribution in [-0.4, -0.2) is 54.6 Å². The summed E-state index contributed by atoms with van der Waals surface area (Å²) in [5, 5.41) is 6.10. The van der Waals surface area contributed by atoms with Crippen molar-refractivity contribution < 1.29 is 9.53 Å². The predicted octanol–water partition coefficient (Wildman–Crippen LogP) is 6.33. The Bertz CT molecular complexity index is 1120. The van der Waals surface area contributed by atoms with Crippen molar-refractivity contribution in [2.45, 2.75) is 60.2 Å². The molecule has 0 radical (unpaired) electrons. The lowest BCUT2D eigenvalue weighted by Crippen LogP contribution is -2.42. The number of thiazole rings is 1. The van der Waals surface area contributed by atoms with E-state index in [9.17, 15) is 4.79 Å². The molecule has 0 aliphatic rings. The van der Waals surface area contributed by atoms with E-state index in [1.54, 1.807) is 18.4 Å². The first-order valence-corrected chi connectivity index (χ1v) is 14.0. The smallest absolute Gasteiger partial charge is 0.251 e. The largest absolute Gasteiger partial charge is 0.497 e. The van der Waals surface area contributed by atoms with Gasteiger partial charge in [0.2, 0.25) is 0 Å². The van der Waals surface area contributed by atoms with Crippen LogP contribution in [0.25, 0.3) is 11.3 Å². The average Bonchev–Trinajstić information content (AvgIpc) is 3.37. The monoisotopic (exact) mass is 522 g/mol. The Labute approximate surface area is 226 Å². The van der Waals surface area contributed by atoms with E-state index in [2.05, 4.69) is 80.2 Å². The van der Waals surface area contributed by atoms with E-state index < -0.39 is 0 Å². The maximum Gasteiger partial charge on any atom is 0.251 e. The Morgan fingerprint density at radius 2 is 1.70 bits per heavy atom. The number of rotatable bonds is 13. The zero-order valence-corrected chi connectivity index (χ0v) is 24.1. The van der Waals surface area contributed by atoms with Crippen LogP contribution in [-0.2, 0) is 6.54 Å². The molecule has 1 heterocycles. The minimum absolute atomic E-state index is 0.0236. The molecule has 0 fully saturated rings. The van der Waals surface area contributed by atoms with Crippen molar-refractivity contribution in [1.29, 1.82) is 0 Å². The van der Waals surface area contributed by atoms with E-state index in [4.69, 9.17) is 9.72 Å². The zero-order chi connectivity index (χ0) is 26.9. The molecule has 0 unspecified atom stereocenters. The molecule has 37 heavy (non-hydrogen) atoms. The lowest BCUT2D eigenvalue weighted by Gasteiger charge is -2.33. The van der Waals surface area contributed by atoms with Crippen LogP contribution in [0, 0.1) is 5.92 Å². The van der Waals surface area contributed by atoms with Crippen molar-refractivity contribution in [2.75, 3.05) is 31.6 Å². The normalized spacial score (nSPS) is 11.5. The molecule has 0 saturated carbocycles. The number of hydrogen-bond donors (Lipinski definition) is 1. The first-order chi connectivity index (χ1) is 17.7. The third-order valence-corrected chi connectivity index (χ3v) is 7.24. The summed E-state index contributed by atoms with van der Waals surface area (Å²) in [4.78, 5) is 22.3. The van der Waals surface area contributed by atoms with Crippen LogP contribution in [0.5, 0.6) is 5.75 Å². The Kier molecular flexibility index (Phi) is 10.5. The number of amides is 1. The van der Waals surface area contributed by atoms with Crippen LogP contribution >= 0.6 is 11.3 Å². The fraction of sp³-hybridized carbons (Fsp3) is 0.467. The second-order valence-electron chi connectivity index (χ2n) is 10.4. The van der Waals surface area contributed by atoms with E-state index in [-0.39, 0.29) is 5.91 Å². The van der Waals surface area contributed by atoms with Gasteiger partial charge in [0.15, 0.2) is 5.13 Å². The maximum absolute atomic E-state index is 12.4. The second kappa shape index (κ2) is 13.6. The molecule has 0 atom stereocenters. The van der Waals surface area contributed by atoms with Crippen LogP contribution in [0.4, 0.5) is 5.13 Å². The van der Waals surface area contributed by atoms with Crippen LogP contribution in [0.2, 0.25) is 0 Å². The molecule has 0 saturated heterocycles. The highest BCUT2D eigenvalue weighted by atomic mass is 32.1. The highest BCUT2D eigenvalue weighted by molar-refractivity contribution is 7.14. The number of hydrogen-bond acceptors (Lipinski definition) is 6. The van der Waals surface area contributed by atoms with E-state index in [1.165, 1.54) is 0 Å². The average molecular weight is 523 g/mol. The summed E-state index contributed by atoms with van der Waals surface area (Å²) >= 11 is 1.66. The second-order valence-corrected chi connectivity index (χ2v) is 11.2. The summed E-state index contributed by atoms with van der Waals surface area (Å²) in [6.07, 6.45) is 0. The summed E-state index contributed by atoms with van der Waals surface area (Å²) in [5.41, 5.74) is 3.84. The molecule has 3 aromatic rings. The van der Waals surface area contributed by atoms with Gasteiger partial charge >= 0.3 is 0 Å². The molecule has 200 valence electrons. The molecule has 7 heteroatoms.